The van der Waals surface area contributed by atoms with Crippen molar-refractivity contribution in [1.82, 2.24) is 9.97 Å². The van der Waals surface area contributed by atoms with Crippen LogP contribution in [0.15, 0.2) is 29.7 Å². The van der Waals surface area contributed by atoms with Gasteiger partial charge in [0.1, 0.15) is 0 Å². The Hall–Kier alpha value is -1.38. The minimum Gasteiger partial charge on any atom is -0.348 e. The Morgan fingerprint density at radius 3 is 1.94 bits per heavy atom. The molecule has 0 unspecified atom stereocenters. The Labute approximate surface area is 110 Å². The molecule has 2 heterocycles. The molecule has 0 radical (unpaired) electrons. The molecule has 0 aliphatic carbocycles. The Kier molecular flexibility index (Phi) is 4.49. The molecule has 0 amide bonds. The van der Waals surface area contributed by atoms with E-state index in [4.69, 9.17) is 0 Å². The molecular weight excluding hydrogens is 222 g/mol. The van der Waals surface area contributed by atoms with Crippen molar-refractivity contribution in [2.75, 3.05) is 6.54 Å². The fourth-order valence-corrected chi connectivity index (χ4v) is 1.52. The van der Waals surface area contributed by atoms with Crippen molar-refractivity contribution in [1.29, 1.82) is 0 Å². The van der Waals surface area contributed by atoms with Crippen LogP contribution < -0.4 is 0 Å². The number of imidazole rings is 1. The van der Waals surface area contributed by atoms with Crippen molar-refractivity contribution in [2.24, 2.45) is 10.4 Å². The molecule has 0 aromatic carbocycles. The zero-order valence-electron chi connectivity index (χ0n) is 12.4. The number of hydrogen-bond donors (Lipinski definition) is 1. The summed E-state index contributed by atoms with van der Waals surface area (Å²) in [5.41, 5.74) is 2.86. The van der Waals surface area contributed by atoms with Crippen LogP contribution >= 0.6 is 0 Å². The molecule has 18 heavy (non-hydrogen) atoms. The van der Waals surface area contributed by atoms with E-state index in [0.717, 1.165) is 6.54 Å². The number of hydrogen-bond acceptors (Lipinski definition) is 2. The van der Waals surface area contributed by atoms with Gasteiger partial charge in [0.15, 0.2) is 0 Å². The van der Waals surface area contributed by atoms with Crippen molar-refractivity contribution in [3.63, 3.8) is 0 Å². The minimum absolute atomic E-state index is 0.205. The summed E-state index contributed by atoms with van der Waals surface area (Å²) < 4.78 is 0. The lowest BCUT2D eigenvalue weighted by Gasteiger charge is -2.16. The highest BCUT2D eigenvalue weighted by atomic mass is 14.9. The molecule has 0 spiro atoms. The second-order valence-electron chi connectivity index (χ2n) is 6.59. The molecular formula is C15H25N3. The average Bonchev–Trinajstić information content (AvgIpc) is 2.91. The third-order valence-corrected chi connectivity index (χ3v) is 2.72. The third kappa shape index (κ3) is 4.47. The van der Waals surface area contributed by atoms with Crippen LogP contribution in [0.1, 0.15) is 47.2 Å². The first-order chi connectivity index (χ1) is 8.21. The summed E-state index contributed by atoms with van der Waals surface area (Å²) in [7, 11) is 0. The zero-order valence-corrected chi connectivity index (χ0v) is 12.4. The molecule has 1 aliphatic heterocycles. The van der Waals surface area contributed by atoms with Crippen LogP contribution in [0.5, 0.6) is 0 Å². The van der Waals surface area contributed by atoms with E-state index >= 15 is 0 Å². The maximum absolute atomic E-state index is 4.31. The number of nitrogens with zero attached hydrogens (tertiary/aromatic N) is 2. The predicted molar refractivity (Wildman–Crippen MR) is 78.2 cm³/mol. The highest BCUT2D eigenvalue weighted by Crippen LogP contribution is 2.19. The summed E-state index contributed by atoms with van der Waals surface area (Å²) in [6, 6.07) is 0. The smallest absolute Gasteiger partial charge is 0.0921 e. The van der Waals surface area contributed by atoms with E-state index in [1.54, 1.807) is 6.33 Å². The van der Waals surface area contributed by atoms with E-state index in [0.29, 0.717) is 0 Å². The van der Waals surface area contributed by atoms with E-state index in [-0.39, 0.29) is 10.8 Å². The topological polar surface area (TPSA) is 41.0 Å². The second kappa shape index (κ2) is 5.51. The number of rotatable bonds is 0. The molecule has 0 saturated carbocycles. The number of allylic oxidation sites excluding steroid dienone is 1. The lowest BCUT2D eigenvalue weighted by Crippen LogP contribution is -2.16. The molecule has 100 valence electrons. The van der Waals surface area contributed by atoms with Crippen molar-refractivity contribution in [3.8, 4) is 0 Å². The van der Waals surface area contributed by atoms with Crippen LogP contribution in [0.4, 0.5) is 0 Å². The monoisotopic (exact) mass is 247 g/mol. The number of H-pyrrole nitrogens is 1. The largest absolute Gasteiger partial charge is 0.348 e. The molecule has 0 bridgehead atoms. The van der Waals surface area contributed by atoms with Crippen molar-refractivity contribution < 1.29 is 0 Å². The van der Waals surface area contributed by atoms with Crippen LogP contribution in [-0.2, 0) is 5.41 Å². The van der Waals surface area contributed by atoms with E-state index in [2.05, 4.69) is 68.7 Å². The lowest BCUT2D eigenvalue weighted by molar-refractivity contribution is 0.572. The zero-order chi connectivity index (χ0) is 13.8. The molecule has 0 atom stereocenters. The minimum atomic E-state index is 0.205. The Balaban J connectivity index is 0.000000180. The van der Waals surface area contributed by atoms with Gasteiger partial charge >= 0.3 is 0 Å². The van der Waals surface area contributed by atoms with Crippen molar-refractivity contribution in [3.05, 3.63) is 30.4 Å². The summed E-state index contributed by atoms with van der Waals surface area (Å²) in [5, 5.41) is 0. The van der Waals surface area contributed by atoms with Gasteiger partial charge in [0.2, 0.25) is 0 Å². The van der Waals surface area contributed by atoms with E-state index in [9.17, 15) is 0 Å². The number of nitrogens with one attached hydrogen (secondary N) is 1. The van der Waals surface area contributed by atoms with Gasteiger partial charge in [0.05, 0.1) is 12.9 Å². The Morgan fingerprint density at radius 2 is 1.72 bits per heavy atom. The molecule has 1 N–H and O–H groups in total. The molecule has 1 aromatic rings. The van der Waals surface area contributed by atoms with Crippen molar-refractivity contribution in [2.45, 2.75) is 47.0 Å². The normalized spacial score (nSPS) is 15.1. The molecule has 3 nitrogen and oxygen atoms in total. The average molecular weight is 247 g/mol. The predicted octanol–water partition coefficient (Wildman–Crippen LogP) is 3.75. The Bertz CT molecular complexity index is 412. The summed E-state index contributed by atoms with van der Waals surface area (Å²) in [6.07, 6.45) is 7.78. The van der Waals surface area contributed by atoms with Gasteiger partial charge in [-0.25, -0.2) is 4.98 Å². The summed E-state index contributed by atoms with van der Waals surface area (Å²) >= 11 is 0. The number of aromatic amines is 1. The summed E-state index contributed by atoms with van der Waals surface area (Å²) in [5.74, 6) is 0. The lowest BCUT2D eigenvalue weighted by atomic mass is 9.90. The van der Waals surface area contributed by atoms with Gasteiger partial charge < -0.3 is 4.98 Å². The van der Waals surface area contributed by atoms with Gasteiger partial charge in [-0.1, -0.05) is 47.6 Å². The standard InChI is InChI=1S/C8H13N.C7H12N2/c1-8(2,3)7-5-4-6-9-7;1-7(2,3)6-4-8-5-9-6/h4-5H,6H2,1-3H3;4-5H,1-3H3,(H,8,9). The van der Waals surface area contributed by atoms with E-state index in [1.807, 2.05) is 6.20 Å². The van der Waals surface area contributed by atoms with Crippen LogP contribution in [0.3, 0.4) is 0 Å². The third-order valence-electron chi connectivity index (χ3n) is 2.72. The van der Waals surface area contributed by atoms with Gasteiger partial charge in [-0.2, -0.15) is 0 Å². The maximum atomic E-state index is 4.31. The quantitative estimate of drug-likeness (QED) is 0.745. The molecule has 1 aromatic heterocycles. The fraction of sp³-hybridized carbons (Fsp3) is 0.600. The van der Waals surface area contributed by atoms with Crippen LogP contribution in [-0.4, -0.2) is 22.2 Å². The first-order valence-electron chi connectivity index (χ1n) is 6.41. The summed E-state index contributed by atoms with van der Waals surface area (Å²) in [4.78, 5) is 11.3. The first-order valence-corrected chi connectivity index (χ1v) is 6.41. The van der Waals surface area contributed by atoms with Gasteiger partial charge in [-0.3, -0.25) is 4.99 Å². The Morgan fingerprint density at radius 1 is 1.06 bits per heavy atom. The van der Waals surface area contributed by atoms with Crippen LogP contribution in [0.25, 0.3) is 0 Å². The molecule has 0 fully saturated rings. The molecule has 0 saturated heterocycles. The molecule has 2 rings (SSSR count). The SMILES string of the molecule is CC(C)(C)C1=NCC=C1.CC(C)(C)c1cnc[nH]1. The number of aliphatic imine (C=N–C) groups is 1. The van der Waals surface area contributed by atoms with Gasteiger partial charge in [0.25, 0.3) is 0 Å². The highest BCUT2D eigenvalue weighted by molar-refractivity contribution is 6.00. The maximum Gasteiger partial charge on any atom is 0.0921 e. The summed E-state index contributed by atoms with van der Waals surface area (Å²) in [6.45, 7) is 13.9. The van der Waals surface area contributed by atoms with Crippen LogP contribution in [0, 0.1) is 5.41 Å². The van der Waals surface area contributed by atoms with Gasteiger partial charge in [-0.05, 0) is 6.08 Å². The highest BCUT2D eigenvalue weighted by Gasteiger charge is 2.17. The van der Waals surface area contributed by atoms with E-state index < -0.39 is 0 Å². The van der Waals surface area contributed by atoms with Gasteiger partial charge in [0, 0.05) is 28.4 Å². The fourth-order valence-electron chi connectivity index (χ4n) is 1.52. The first kappa shape index (κ1) is 14.7. The van der Waals surface area contributed by atoms with Crippen molar-refractivity contribution >= 4 is 5.71 Å². The number of aromatic nitrogens is 2. The molecule has 3 heteroatoms. The van der Waals surface area contributed by atoms with Crippen LogP contribution in [0.2, 0.25) is 0 Å². The second-order valence-corrected chi connectivity index (χ2v) is 6.59. The van der Waals surface area contributed by atoms with E-state index in [1.165, 1.54) is 11.4 Å². The molecule has 1 aliphatic rings. The van der Waals surface area contributed by atoms with Gasteiger partial charge in [-0.15, -0.1) is 0 Å².